The van der Waals surface area contributed by atoms with Crippen molar-refractivity contribution in [3.63, 3.8) is 0 Å². The second-order valence-electron chi connectivity index (χ2n) is 10.6. The van der Waals surface area contributed by atoms with E-state index in [1.165, 1.54) is 19.1 Å². The van der Waals surface area contributed by atoms with Gasteiger partial charge in [-0.2, -0.15) is 0 Å². The van der Waals surface area contributed by atoms with Crippen LogP contribution in [0.1, 0.15) is 61.8 Å². The minimum atomic E-state index is -0.847. The van der Waals surface area contributed by atoms with Crippen molar-refractivity contribution in [1.82, 2.24) is 4.90 Å². The summed E-state index contributed by atoms with van der Waals surface area (Å²) >= 11 is 0. The fraction of sp³-hybridized carbons (Fsp3) is 0.583. The van der Waals surface area contributed by atoms with Gasteiger partial charge in [0.15, 0.2) is 0 Å². The molecule has 2 aliphatic rings. The van der Waals surface area contributed by atoms with Crippen LogP contribution in [-0.2, 0) is 19.2 Å². The van der Waals surface area contributed by atoms with E-state index in [-0.39, 0.29) is 35.0 Å². The predicted octanol–water partition coefficient (Wildman–Crippen LogP) is 3.55. The molecule has 1 aromatic rings. The normalized spacial score (nSPS) is 22.5. The van der Waals surface area contributed by atoms with Crippen molar-refractivity contribution in [3.05, 3.63) is 24.3 Å². The van der Waals surface area contributed by atoms with E-state index in [1.54, 1.807) is 17.0 Å². The standard InChI is InChI=1S/C24H32N2O5/c1-14(27)31-16-11-9-15(10-12-16)25-18(28)13-17(20(25)29)26(22(2,3)4)21(30)19-23(5,6)24(19,7)8/h9-12,17,19H,13H2,1-8H3. The molecule has 0 spiro atoms. The lowest BCUT2D eigenvalue weighted by Crippen LogP contribution is -2.55. The van der Waals surface area contributed by atoms with Crippen LogP contribution in [-0.4, -0.2) is 40.2 Å². The first-order valence-electron chi connectivity index (χ1n) is 10.6. The van der Waals surface area contributed by atoms with Crippen molar-refractivity contribution < 1.29 is 23.9 Å². The summed E-state index contributed by atoms with van der Waals surface area (Å²) in [5.74, 6) is -1.18. The van der Waals surface area contributed by atoms with Gasteiger partial charge in [-0.3, -0.25) is 19.2 Å². The van der Waals surface area contributed by atoms with Crippen LogP contribution in [0, 0.1) is 16.7 Å². The molecule has 3 amide bonds. The molecule has 0 aromatic heterocycles. The second-order valence-corrected chi connectivity index (χ2v) is 10.6. The first-order valence-corrected chi connectivity index (χ1v) is 10.6. The summed E-state index contributed by atoms with van der Waals surface area (Å²) in [4.78, 5) is 53.6. The number of benzene rings is 1. The van der Waals surface area contributed by atoms with Gasteiger partial charge in [-0.05, 0) is 55.9 Å². The highest BCUT2D eigenvalue weighted by atomic mass is 16.5. The second kappa shape index (κ2) is 7.18. The van der Waals surface area contributed by atoms with Crippen LogP contribution in [0.25, 0.3) is 0 Å². The maximum atomic E-state index is 13.6. The van der Waals surface area contributed by atoms with Crippen molar-refractivity contribution in [2.24, 2.45) is 16.7 Å². The summed E-state index contributed by atoms with van der Waals surface area (Å²) in [6.07, 6.45) is -0.0544. The fourth-order valence-corrected chi connectivity index (χ4v) is 4.82. The number of imide groups is 1. The molecule has 0 radical (unpaired) electrons. The monoisotopic (exact) mass is 428 g/mol. The van der Waals surface area contributed by atoms with Crippen molar-refractivity contribution in [1.29, 1.82) is 0 Å². The maximum absolute atomic E-state index is 13.6. The summed E-state index contributed by atoms with van der Waals surface area (Å²) in [7, 11) is 0. The van der Waals surface area contributed by atoms with Crippen molar-refractivity contribution in [3.8, 4) is 5.75 Å². The summed E-state index contributed by atoms with van der Waals surface area (Å²) in [6, 6.07) is 5.35. The molecule has 1 heterocycles. The third kappa shape index (κ3) is 3.75. The summed E-state index contributed by atoms with van der Waals surface area (Å²) in [5.41, 5.74) is -0.583. The van der Waals surface area contributed by atoms with Gasteiger partial charge in [-0.15, -0.1) is 0 Å². The van der Waals surface area contributed by atoms with Gasteiger partial charge in [0.2, 0.25) is 11.8 Å². The average Bonchev–Trinajstić information content (AvgIpc) is 2.84. The Hall–Kier alpha value is -2.70. The molecular formula is C24H32N2O5. The van der Waals surface area contributed by atoms with Crippen LogP contribution >= 0.6 is 0 Å². The van der Waals surface area contributed by atoms with Gasteiger partial charge in [0.05, 0.1) is 12.1 Å². The quantitative estimate of drug-likeness (QED) is 0.416. The number of carbonyl (C=O) groups is 4. The molecule has 1 aliphatic carbocycles. The molecule has 0 N–H and O–H groups in total. The van der Waals surface area contributed by atoms with Crippen molar-refractivity contribution in [2.45, 2.75) is 73.4 Å². The molecule has 0 bridgehead atoms. The summed E-state index contributed by atoms with van der Waals surface area (Å²) < 4.78 is 5.01. The minimum absolute atomic E-state index is 0.0544. The maximum Gasteiger partial charge on any atom is 0.308 e. The van der Waals surface area contributed by atoms with Crippen LogP contribution in [0.4, 0.5) is 5.69 Å². The Morgan fingerprint density at radius 1 is 1.03 bits per heavy atom. The first-order chi connectivity index (χ1) is 14.1. The Kier molecular flexibility index (Phi) is 5.32. The van der Waals surface area contributed by atoms with Crippen LogP contribution in [0.3, 0.4) is 0 Å². The minimum Gasteiger partial charge on any atom is -0.427 e. The zero-order valence-electron chi connectivity index (χ0n) is 19.6. The molecule has 7 heteroatoms. The molecule has 168 valence electrons. The van der Waals surface area contributed by atoms with E-state index in [4.69, 9.17) is 4.74 Å². The lowest BCUT2D eigenvalue weighted by Gasteiger charge is -2.39. The molecule has 2 fully saturated rings. The molecule has 1 saturated heterocycles. The van der Waals surface area contributed by atoms with Gasteiger partial charge >= 0.3 is 5.97 Å². The van der Waals surface area contributed by atoms with Gasteiger partial charge in [0.1, 0.15) is 11.8 Å². The predicted molar refractivity (Wildman–Crippen MR) is 116 cm³/mol. The Morgan fingerprint density at radius 3 is 1.97 bits per heavy atom. The zero-order valence-corrected chi connectivity index (χ0v) is 19.6. The number of hydrogen-bond acceptors (Lipinski definition) is 5. The Labute approximate surface area is 183 Å². The van der Waals surface area contributed by atoms with Gasteiger partial charge in [-0.1, -0.05) is 27.7 Å². The topological polar surface area (TPSA) is 84.0 Å². The third-order valence-corrected chi connectivity index (χ3v) is 7.02. The van der Waals surface area contributed by atoms with Gasteiger partial charge in [0.25, 0.3) is 5.91 Å². The molecular weight excluding hydrogens is 396 g/mol. The molecule has 31 heavy (non-hydrogen) atoms. The van der Waals surface area contributed by atoms with Crippen LogP contribution in [0.5, 0.6) is 5.75 Å². The lowest BCUT2D eigenvalue weighted by molar-refractivity contribution is -0.146. The smallest absolute Gasteiger partial charge is 0.308 e. The number of carbonyl (C=O) groups excluding carboxylic acids is 4. The highest BCUT2D eigenvalue weighted by molar-refractivity contribution is 6.23. The van der Waals surface area contributed by atoms with E-state index in [0.717, 1.165) is 4.90 Å². The van der Waals surface area contributed by atoms with E-state index in [9.17, 15) is 19.2 Å². The fourth-order valence-electron chi connectivity index (χ4n) is 4.82. The number of hydrogen-bond donors (Lipinski definition) is 0. The van der Waals surface area contributed by atoms with E-state index in [2.05, 4.69) is 27.7 Å². The molecule has 1 aliphatic heterocycles. The molecule has 1 saturated carbocycles. The van der Waals surface area contributed by atoms with Gasteiger partial charge in [0, 0.05) is 18.4 Å². The largest absolute Gasteiger partial charge is 0.427 e. The molecule has 1 aromatic carbocycles. The van der Waals surface area contributed by atoms with Crippen LogP contribution < -0.4 is 9.64 Å². The number of rotatable bonds is 4. The number of amides is 3. The van der Waals surface area contributed by atoms with E-state index >= 15 is 0 Å². The lowest BCUT2D eigenvalue weighted by atomic mass is 9.98. The highest BCUT2D eigenvalue weighted by Gasteiger charge is 2.70. The van der Waals surface area contributed by atoms with Crippen molar-refractivity contribution in [2.75, 3.05) is 4.90 Å². The summed E-state index contributed by atoms with van der Waals surface area (Å²) in [6.45, 7) is 15.2. The molecule has 1 unspecified atom stereocenters. The van der Waals surface area contributed by atoms with Crippen LogP contribution in [0.15, 0.2) is 24.3 Å². The van der Waals surface area contributed by atoms with Crippen molar-refractivity contribution >= 4 is 29.4 Å². The molecule has 3 rings (SSSR count). The Morgan fingerprint density at radius 2 is 1.55 bits per heavy atom. The third-order valence-electron chi connectivity index (χ3n) is 7.02. The van der Waals surface area contributed by atoms with E-state index < -0.39 is 23.5 Å². The number of ether oxygens (including phenoxy) is 1. The SMILES string of the molecule is CC(=O)Oc1ccc(N2C(=O)CC(N(C(=O)C3C(C)(C)C3(C)C)C(C)(C)C)C2=O)cc1. The summed E-state index contributed by atoms with van der Waals surface area (Å²) in [5, 5.41) is 0. The number of anilines is 1. The molecule has 7 nitrogen and oxygen atoms in total. The van der Waals surface area contributed by atoms with Gasteiger partial charge < -0.3 is 9.64 Å². The molecule has 1 atom stereocenters. The number of nitrogens with zero attached hydrogens (tertiary/aromatic N) is 2. The number of esters is 1. The van der Waals surface area contributed by atoms with Gasteiger partial charge in [-0.25, -0.2) is 4.90 Å². The van der Waals surface area contributed by atoms with E-state index in [0.29, 0.717) is 11.4 Å². The Bertz CT molecular complexity index is 926. The first kappa shape index (κ1) is 23.0. The Balaban J connectivity index is 1.90. The zero-order chi connectivity index (χ0) is 23.5. The van der Waals surface area contributed by atoms with Crippen LogP contribution in [0.2, 0.25) is 0 Å². The highest BCUT2D eigenvalue weighted by Crippen LogP contribution is 2.69. The van der Waals surface area contributed by atoms with E-state index in [1.807, 2.05) is 20.8 Å². The average molecular weight is 429 g/mol.